The zero-order valence-electron chi connectivity index (χ0n) is 14.7. The van der Waals surface area contributed by atoms with E-state index < -0.39 is 7.60 Å². The summed E-state index contributed by atoms with van der Waals surface area (Å²) >= 11 is 0. The highest BCUT2D eigenvalue weighted by Gasteiger charge is 2.23. The number of anilines is 1. The van der Waals surface area contributed by atoms with E-state index in [4.69, 9.17) is 13.8 Å². The molecule has 0 saturated heterocycles. The third-order valence-electron chi connectivity index (χ3n) is 3.14. The van der Waals surface area contributed by atoms with Crippen LogP contribution in [0.2, 0.25) is 0 Å². The molecule has 24 heavy (non-hydrogen) atoms. The van der Waals surface area contributed by atoms with E-state index in [9.17, 15) is 9.36 Å². The molecule has 0 fully saturated rings. The molecule has 7 heteroatoms. The van der Waals surface area contributed by atoms with Crippen LogP contribution < -0.4 is 5.32 Å². The highest BCUT2D eigenvalue weighted by molar-refractivity contribution is 7.53. The highest BCUT2D eigenvalue weighted by Crippen LogP contribution is 2.51. The fourth-order valence-corrected chi connectivity index (χ4v) is 3.75. The van der Waals surface area contributed by atoms with E-state index in [1.54, 1.807) is 38.1 Å². The van der Waals surface area contributed by atoms with Crippen LogP contribution in [0.1, 0.15) is 39.2 Å². The quantitative estimate of drug-likeness (QED) is 0.448. The number of amides is 1. The van der Waals surface area contributed by atoms with E-state index in [0.29, 0.717) is 25.5 Å². The maximum Gasteiger partial charge on any atom is 0.335 e. The molecule has 0 aliphatic heterocycles. The number of hydrogen-bond acceptors (Lipinski definition) is 5. The van der Waals surface area contributed by atoms with Crippen molar-refractivity contribution in [3.63, 3.8) is 0 Å². The van der Waals surface area contributed by atoms with Crippen LogP contribution in [0.15, 0.2) is 24.3 Å². The molecule has 136 valence electrons. The van der Waals surface area contributed by atoms with Gasteiger partial charge in [-0.1, -0.05) is 25.5 Å². The maximum absolute atomic E-state index is 12.5. The van der Waals surface area contributed by atoms with Crippen molar-refractivity contribution in [2.45, 2.75) is 39.8 Å². The molecule has 0 aliphatic carbocycles. The van der Waals surface area contributed by atoms with Crippen molar-refractivity contribution in [1.29, 1.82) is 0 Å². The van der Waals surface area contributed by atoms with Crippen LogP contribution in [0.3, 0.4) is 0 Å². The first kappa shape index (κ1) is 20.8. The molecule has 0 aromatic heterocycles. The lowest BCUT2D eigenvalue weighted by molar-refractivity contribution is -0.120. The Labute approximate surface area is 144 Å². The molecule has 0 atom stereocenters. The van der Waals surface area contributed by atoms with Gasteiger partial charge in [0.25, 0.3) is 0 Å². The molecule has 1 aromatic rings. The Hall–Kier alpha value is -1.20. The van der Waals surface area contributed by atoms with E-state index in [1.807, 2.05) is 0 Å². The predicted octanol–water partition coefficient (Wildman–Crippen LogP) is 4.21. The Balaban J connectivity index is 2.53. The minimum Gasteiger partial charge on any atom is -0.372 e. The largest absolute Gasteiger partial charge is 0.372 e. The SMILES string of the molecule is CCCCOCC(=O)Nc1ccc(CP(=O)(OCC)OCC)cc1. The predicted molar refractivity (Wildman–Crippen MR) is 95.4 cm³/mol. The normalized spacial score (nSPS) is 11.5. The molecule has 0 spiro atoms. The summed E-state index contributed by atoms with van der Waals surface area (Å²) in [5.41, 5.74) is 1.50. The number of rotatable bonds is 12. The van der Waals surface area contributed by atoms with Crippen LogP contribution in [-0.4, -0.2) is 32.3 Å². The first-order valence-electron chi connectivity index (χ1n) is 8.37. The summed E-state index contributed by atoms with van der Waals surface area (Å²) in [6, 6.07) is 7.14. The van der Waals surface area contributed by atoms with Crippen LogP contribution in [0.5, 0.6) is 0 Å². The van der Waals surface area contributed by atoms with Crippen molar-refractivity contribution in [3.05, 3.63) is 29.8 Å². The van der Waals surface area contributed by atoms with E-state index in [-0.39, 0.29) is 18.7 Å². The van der Waals surface area contributed by atoms with Gasteiger partial charge < -0.3 is 19.1 Å². The van der Waals surface area contributed by atoms with Gasteiger partial charge in [-0.15, -0.1) is 0 Å². The lowest BCUT2D eigenvalue weighted by atomic mass is 10.2. The van der Waals surface area contributed by atoms with Gasteiger partial charge in [-0.05, 0) is 38.0 Å². The van der Waals surface area contributed by atoms with Gasteiger partial charge in [-0.2, -0.15) is 0 Å². The first-order chi connectivity index (χ1) is 11.5. The van der Waals surface area contributed by atoms with Gasteiger partial charge in [0, 0.05) is 12.3 Å². The standard InChI is InChI=1S/C17H28NO5P/c1-4-7-12-21-13-17(19)18-16-10-8-15(9-11-16)14-24(20,22-5-2)23-6-3/h8-11H,4-7,12-14H2,1-3H3,(H,18,19). The Bertz CT molecular complexity index is 522. The number of unbranched alkanes of at least 4 members (excludes halogenated alkanes) is 1. The van der Waals surface area contributed by atoms with Gasteiger partial charge >= 0.3 is 7.60 Å². The molecule has 0 bridgehead atoms. The lowest BCUT2D eigenvalue weighted by Crippen LogP contribution is -2.18. The molecule has 1 amide bonds. The van der Waals surface area contributed by atoms with Gasteiger partial charge in [0.05, 0.1) is 19.4 Å². The summed E-state index contributed by atoms with van der Waals surface area (Å²) in [6.07, 6.45) is 2.20. The van der Waals surface area contributed by atoms with Crippen molar-refractivity contribution in [3.8, 4) is 0 Å². The van der Waals surface area contributed by atoms with Crippen LogP contribution >= 0.6 is 7.60 Å². The number of carbonyl (C=O) groups is 1. The van der Waals surface area contributed by atoms with Gasteiger partial charge in [0.15, 0.2) is 0 Å². The molecule has 6 nitrogen and oxygen atoms in total. The summed E-state index contributed by atoms with van der Waals surface area (Å²) < 4.78 is 28.3. The molecule has 0 radical (unpaired) electrons. The zero-order valence-corrected chi connectivity index (χ0v) is 15.6. The molecule has 1 N–H and O–H groups in total. The Morgan fingerprint density at radius 2 is 1.71 bits per heavy atom. The Morgan fingerprint density at radius 3 is 2.25 bits per heavy atom. The maximum atomic E-state index is 12.5. The number of carbonyl (C=O) groups excluding carboxylic acids is 1. The number of hydrogen-bond donors (Lipinski definition) is 1. The van der Waals surface area contributed by atoms with Gasteiger partial charge in [-0.25, -0.2) is 0 Å². The summed E-state index contributed by atoms with van der Waals surface area (Å²) in [5, 5.41) is 2.76. The number of nitrogens with one attached hydrogen (secondary N) is 1. The number of ether oxygens (including phenoxy) is 1. The van der Waals surface area contributed by atoms with Gasteiger partial charge in [0.2, 0.25) is 5.91 Å². The van der Waals surface area contributed by atoms with Gasteiger partial charge in [0.1, 0.15) is 6.61 Å². The Kier molecular flexibility index (Phi) is 9.88. The molecule has 0 saturated carbocycles. The Morgan fingerprint density at radius 1 is 1.08 bits per heavy atom. The average molecular weight is 357 g/mol. The topological polar surface area (TPSA) is 73.9 Å². The minimum atomic E-state index is -3.11. The van der Waals surface area contributed by atoms with Crippen LogP contribution in [0, 0.1) is 0 Å². The van der Waals surface area contributed by atoms with E-state index in [2.05, 4.69) is 12.2 Å². The smallest absolute Gasteiger partial charge is 0.335 e. The van der Waals surface area contributed by atoms with Crippen molar-refractivity contribution >= 4 is 19.2 Å². The molecule has 0 heterocycles. The third kappa shape index (κ3) is 8.06. The molecule has 0 aliphatic rings. The minimum absolute atomic E-state index is 0.0473. The second-order valence-corrected chi connectivity index (χ2v) is 7.31. The zero-order chi connectivity index (χ0) is 17.8. The van der Waals surface area contributed by atoms with Crippen molar-refractivity contribution in [2.75, 3.05) is 31.7 Å². The van der Waals surface area contributed by atoms with Crippen LogP contribution in [0.4, 0.5) is 5.69 Å². The summed E-state index contributed by atoms with van der Waals surface area (Å²) in [4.78, 5) is 11.7. The van der Waals surface area contributed by atoms with Crippen molar-refractivity contribution in [2.24, 2.45) is 0 Å². The molecular formula is C17H28NO5P. The van der Waals surface area contributed by atoms with Crippen LogP contribution in [-0.2, 0) is 29.3 Å². The average Bonchev–Trinajstić information content (AvgIpc) is 2.54. The van der Waals surface area contributed by atoms with E-state index in [0.717, 1.165) is 18.4 Å². The first-order valence-corrected chi connectivity index (χ1v) is 10.1. The summed E-state index contributed by atoms with van der Waals surface area (Å²) in [5.74, 6) is -0.187. The van der Waals surface area contributed by atoms with E-state index >= 15 is 0 Å². The molecular weight excluding hydrogens is 329 g/mol. The van der Waals surface area contributed by atoms with Crippen LogP contribution in [0.25, 0.3) is 0 Å². The lowest BCUT2D eigenvalue weighted by Gasteiger charge is -2.17. The summed E-state index contributed by atoms with van der Waals surface area (Å²) in [7, 11) is -3.11. The van der Waals surface area contributed by atoms with Gasteiger partial charge in [-0.3, -0.25) is 9.36 Å². The van der Waals surface area contributed by atoms with Crippen molar-refractivity contribution in [1.82, 2.24) is 0 Å². The highest BCUT2D eigenvalue weighted by atomic mass is 31.2. The second-order valence-electron chi connectivity index (χ2n) is 5.26. The monoisotopic (exact) mass is 357 g/mol. The fraction of sp³-hybridized carbons (Fsp3) is 0.588. The van der Waals surface area contributed by atoms with Crippen molar-refractivity contribution < 1.29 is 23.1 Å². The summed E-state index contributed by atoms with van der Waals surface area (Å²) in [6.45, 7) is 6.95. The molecule has 1 aromatic carbocycles. The molecule has 1 rings (SSSR count). The molecule has 0 unspecified atom stereocenters. The fourth-order valence-electron chi connectivity index (χ4n) is 2.05. The third-order valence-corrected chi connectivity index (χ3v) is 5.20. The van der Waals surface area contributed by atoms with E-state index in [1.165, 1.54) is 0 Å². The number of benzene rings is 1. The second kappa shape index (κ2) is 11.4.